The number of methoxy groups -OCH3 is 1. The predicted molar refractivity (Wildman–Crippen MR) is 55.9 cm³/mol. The lowest BCUT2D eigenvalue weighted by Crippen LogP contribution is -1.89. The van der Waals surface area contributed by atoms with Crippen molar-refractivity contribution in [3.05, 3.63) is 29.8 Å². The third kappa shape index (κ3) is 2.72. The van der Waals surface area contributed by atoms with Crippen molar-refractivity contribution in [2.75, 3.05) is 13.4 Å². The van der Waals surface area contributed by atoms with Crippen molar-refractivity contribution in [3.8, 4) is 5.75 Å². The van der Waals surface area contributed by atoms with Gasteiger partial charge in [-0.3, -0.25) is 0 Å². The molecular weight excluding hydrogens is 184 g/mol. The van der Waals surface area contributed by atoms with Crippen molar-refractivity contribution in [1.29, 1.82) is 0 Å². The van der Waals surface area contributed by atoms with Crippen molar-refractivity contribution in [1.82, 2.24) is 0 Å². The summed E-state index contributed by atoms with van der Waals surface area (Å²) >= 11 is 0. The highest BCUT2D eigenvalue weighted by Gasteiger charge is 2.01. The van der Waals surface area contributed by atoms with Crippen molar-refractivity contribution >= 4 is 15.7 Å². The number of hydrogen-bond donors (Lipinski definition) is 0. The molecule has 1 aromatic rings. The first-order chi connectivity index (χ1) is 6.27. The zero-order valence-corrected chi connectivity index (χ0v) is 8.56. The van der Waals surface area contributed by atoms with Crippen molar-refractivity contribution in [2.45, 2.75) is 5.75 Å². The molecule has 3 heteroatoms. The predicted octanol–water partition coefficient (Wildman–Crippen LogP) is 2.16. The smallest absolute Gasteiger partial charge is 0.155 e. The highest BCUT2D eigenvalue weighted by molar-refractivity contribution is 8.13. The Morgan fingerprint density at radius 1 is 1.46 bits per heavy atom. The molecule has 0 saturated heterocycles. The van der Waals surface area contributed by atoms with Crippen LogP contribution in [-0.2, 0) is 10.5 Å². The minimum Gasteiger partial charge on any atom is -0.496 e. The lowest BCUT2D eigenvalue weighted by atomic mass is 10.2. The molecule has 1 aromatic carbocycles. The second kappa shape index (κ2) is 4.85. The summed E-state index contributed by atoms with van der Waals surface area (Å²) < 4.78 is 5.17. The van der Waals surface area contributed by atoms with Crippen LogP contribution in [0, 0.1) is 0 Å². The Morgan fingerprint density at radius 2 is 2.15 bits per heavy atom. The fraction of sp³-hybridized carbons (Fsp3) is 0.300. The monoisotopic (exact) mass is 196 g/mol. The van der Waals surface area contributed by atoms with E-state index in [4.69, 9.17) is 4.74 Å². The van der Waals surface area contributed by atoms with Crippen LogP contribution in [0.1, 0.15) is 5.56 Å². The second-order valence-corrected chi connectivity index (χ2v) is 4.41. The van der Waals surface area contributed by atoms with Crippen molar-refractivity contribution in [2.24, 2.45) is 0 Å². The van der Waals surface area contributed by atoms with Crippen LogP contribution < -0.4 is 4.74 Å². The maximum Gasteiger partial charge on any atom is 0.155 e. The zero-order chi connectivity index (χ0) is 9.68. The summed E-state index contributed by atoms with van der Waals surface area (Å²) in [6.45, 7) is 0. The van der Waals surface area contributed by atoms with Gasteiger partial charge in [-0.25, -0.2) is 4.79 Å². The normalized spacial score (nSPS) is 11.8. The number of ether oxygens (including phenoxy) is 1. The number of rotatable bonds is 3. The van der Waals surface area contributed by atoms with E-state index in [-0.39, 0.29) is 10.5 Å². The van der Waals surface area contributed by atoms with Gasteiger partial charge in [0.15, 0.2) is 5.23 Å². The van der Waals surface area contributed by atoms with Gasteiger partial charge in [-0.05, 0) is 12.3 Å². The molecule has 0 aliphatic heterocycles. The van der Waals surface area contributed by atoms with Crippen LogP contribution in [0.25, 0.3) is 0 Å². The quantitative estimate of drug-likeness (QED) is 0.692. The van der Waals surface area contributed by atoms with Gasteiger partial charge in [-0.1, -0.05) is 18.2 Å². The Hall–Kier alpha value is -1.05. The van der Waals surface area contributed by atoms with E-state index < -0.39 is 0 Å². The van der Waals surface area contributed by atoms with Gasteiger partial charge in [0, 0.05) is 11.3 Å². The Kier molecular flexibility index (Phi) is 3.74. The van der Waals surface area contributed by atoms with Crippen LogP contribution in [0.4, 0.5) is 0 Å². The molecular formula is C10H12O2S. The first-order valence-electron chi connectivity index (χ1n) is 3.90. The third-order valence-corrected chi connectivity index (χ3v) is 2.74. The molecule has 0 amide bonds. The first kappa shape index (κ1) is 10.0. The molecule has 2 nitrogen and oxygen atoms in total. The van der Waals surface area contributed by atoms with Crippen LogP contribution in [0.5, 0.6) is 5.75 Å². The summed E-state index contributed by atoms with van der Waals surface area (Å²) in [5, 5.41) is 1.99. The summed E-state index contributed by atoms with van der Waals surface area (Å²) in [6, 6.07) is 7.73. The van der Waals surface area contributed by atoms with E-state index in [0.717, 1.165) is 11.3 Å². The molecule has 0 fully saturated rings. The van der Waals surface area contributed by atoms with Gasteiger partial charge in [0.1, 0.15) is 5.75 Å². The lowest BCUT2D eigenvalue weighted by molar-refractivity contribution is 0.411. The van der Waals surface area contributed by atoms with Crippen LogP contribution in [-0.4, -0.2) is 18.6 Å². The van der Waals surface area contributed by atoms with Crippen molar-refractivity contribution in [3.63, 3.8) is 0 Å². The Balaban J connectivity index is 2.93. The van der Waals surface area contributed by atoms with Gasteiger partial charge in [-0.15, -0.1) is 10.5 Å². The number of benzene rings is 1. The molecule has 1 unspecified atom stereocenters. The van der Waals surface area contributed by atoms with Gasteiger partial charge >= 0.3 is 0 Å². The summed E-state index contributed by atoms with van der Waals surface area (Å²) in [4.78, 5) is 10.4. The number of hydrogen-bond acceptors (Lipinski definition) is 2. The molecule has 0 aliphatic carbocycles. The Labute approximate surface area is 80.5 Å². The van der Waals surface area contributed by atoms with Gasteiger partial charge in [-0.2, -0.15) is 0 Å². The van der Waals surface area contributed by atoms with Crippen LogP contribution in [0.3, 0.4) is 0 Å². The van der Waals surface area contributed by atoms with Crippen LogP contribution in [0.15, 0.2) is 24.3 Å². The van der Waals surface area contributed by atoms with Gasteiger partial charge in [0.25, 0.3) is 0 Å². The van der Waals surface area contributed by atoms with Gasteiger partial charge in [0.05, 0.1) is 7.11 Å². The Morgan fingerprint density at radius 3 is 2.77 bits per heavy atom. The number of carbonyl (C=O) groups excluding carboxylic acids is 1. The summed E-state index contributed by atoms with van der Waals surface area (Å²) in [6.07, 6.45) is 1.87. The molecule has 0 heterocycles. The molecule has 0 bridgehead atoms. The first-order valence-corrected chi connectivity index (χ1v) is 5.70. The van der Waals surface area contributed by atoms with E-state index >= 15 is 0 Å². The molecule has 0 saturated carbocycles. The van der Waals surface area contributed by atoms with E-state index in [1.165, 1.54) is 0 Å². The van der Waals surface area contributed by atoms with Crippen LogP contribution >= 0.6 is 10.5 Å². The summed E-state index contributed by atoms with van der Waals surface area (Å²) in [7, 11) is 1.31. The lowest BCUT2D eigenvalue weighted by Gasteiger charge is -2.06. The Bertz CT molecular complexity index is 341. The van der Waals surface area contributed by atoms with Gasteiger partial charge < -0.3 is 4.74 Å². The largest absolute Gasteiger partial charge is 0.496 e. The minimum atomic E-state index is -0.325. The van der Waals surface area contributed by atoms with E-state index in [2.05, 4.69) is 0 Å². The fourth-order valence-electron chi connectivity index (χ4n) is 1.08. The highest BCUT2D eigenvalue weighted by atomic mass is 32.2. The third-order valence-electron chi connectivity index (χ3n) is 1.71. The van der Waals surface area contributed by atoms with Crippen LogP contribution in [0.2, 0.25) is 0 Å². The summed E-state index contributed by atoms with van der Waals surface area (Å²) in [5.41, 5.74) is 1.07. The van der Waals surface area contributed by atoms with E-state index in [1.807, 2.05) is 35.8 Å². The van der Waals surface area contributed by atoms with Gasteiger partial charge in [0.2, 0.25) is 0 Å². The minimum absolute atomic E-state index is 0.325. The van der Waals surface area contributed by atoms with E-state index in [9.17, 15) is 4.79 Å². The second-order valence-electron chi connectivity index (χ2n) is 2.68. The summed E-state index contributed by atoms with van der Waals surface area (Å²) in [5.74, 6) is 1.56. The molecule has 13 heavy (non-hydrogen) atoms. The molecule has 0 radical (unpaired) electrons. The molecule has 0 aliphatic rings. The molecule has 70 valence electrons. The standard InChI is InChI=1S/C10H12O2S/c1-12-10-6-4-3-5-9(10)7-13(2)8-11/h3-6H,7H2,1-2H3. The average Bonchev–Trinajstić information content (AvgIpc) is 2.18. The molecule has 0 N–H and O–H groups in total. The maximum absolute atomic E-state index is 10.4. The molecule has 0 spiro atoms. The highest BCUT2D eigenvalue weighted by Crippen LogP contribution is 2.23. The van der Waals surface area contributed by atoms with E-state index in [0.29, 0.717) is 5.75 Å². The average molecular weight is 196 g/mol. The van der Waals surface area contributed by atoms with E-state index in [1.54, 1.807) is 7.11 Å². The molecule has 1 atom stereocenters. The SMILES string of the molecule is COc1ccccc1CS(C)=C=O. The van der Waals surface area contributed by atoms with Crippen molar-refractivity contribution < 1.29 is 9.53 Å². The molecule has 1 rings (SSSR count). The zero-order valence-electron chi connectivity index (χ0n) is 7.74. The maximum atomic E-state index is 10.4. The number of para-hydroxylation sites is 1. The molecule has 0 aromatic heterocycles. The topological polar surface area (TPSA) is 26.3 Å². The fourth-order valence-corrected chi connectivity index (χ4v) is 1.85.